The van der Waals surface area contributed by atoms with Gasteiger partial charge in [-0.3, -0.25) is 4.79 Å². The van der Waals surface area contributed by atoms with E-state index in [1.165, 1.54) is 0 Å². The molecule has 1 aromatic carbocycles. The maximum absolute atomic E-state index is 12.4. The number of anilines is 1. The lowest BCUT2D eigenvalue weighted by Crippen LogP contribution is -2.37. The first kappa shape index (κ1) is 12.1. The lowest BCUT2D eigenvalue weighted by molar-refractivity contribution is -0.122. The zero-order valence-electron chi connectivity index (χ0n) is 10.3. The Hall–Kier alpha value is -2.33. The Morgan fingerprint density at radius 3 is 2.56 bits per heavy atom. The molecular formula is C14H13N3O. The molecule has 0 N–H and O–H groups in total. The summed E-state index contributed by atoms with van der Waals surface area (Å²) in [5.74, 6) is -0.822. The van der Waals surface area contributed by atoms with Gasteiger partial charge in [0.25, 0.3) is 0 Å². The molecule has 1 aromatic rings. The van der Waals surface area contributed by atoms with Crippen molar-refractivity contribution in [2.75, 3.05) is 11.9 Å². The molecule has 2 rings (SSSR count). The van der Waals surface area contributed by atoms with E-state index >= 15 is 0 Å². The van der Waals surface area contributed by atoms with E-state index in [0.717, 1.165) is 11.3 Å². The van der Waals surface area contributed by atoms with Crippen LogP contribution in [0.5, 0.6) is 0 Å². The minimum absolute atomic E-state index is 0.0563. The number of carbonyl (C=O) groups is 1. The lowest BCUT2D eigenvalue weighted by Gasteiger charge is -2.23. The van der Waals surface area contributed by atoms with Gasteiger partial charge in [-0.1, -0.05) is 18.2 Å². The van der Waals surface area contributed by atoms with E-state index < -0.39 is 11.3 Å². The molecule has 4 heteroatoms. The van der Waals surface area contributed by atoms with Crippen molar-refractivity contribution < 1.29 is 4.79 Å². The van der Waals surface area contributed by atoms with Crippen molar-refractivity contribution in [1.82, 2.24) is 0 Å². The standard InChI is InChI=1S/C14H13N3O/c1-14(7-10(8-15)9-16)11-5-3-4-6-12(11)17(2)13(14)18/h3-6,10H,7H2,1-2H3. The lowest BCUT2D eigenvalue weighted by atomic mass is 9.77. The van der Waals surface area contributed by atoms with Gasteiger partial charge in [0.05, 0.1) is 17.6 Å². The summed E-state index contributed by atoms with van der Waals surface area (Å²) >= 11 is 0. The van der Waals surface area contributed by atoms with Gasteiger partial charge in [0.2, 0.25) is 5.91 Å². The van der Waals surface area contributed by atoms with Crippen LogP contribution < -0.4 is 4.90 Å². The van der Waals surface area contributed by atoms with Crippen LogP contribution in [0.4, 0.5) is 5.69 Å². The number of para-hydroxylation sites is 1. The van der Waals surface area contributed by atoms with Crippen LogP contribution in [-0.4, -0.2) is 13.0 Å². The van der Waals surface area contributed by atoms with Crippen LogP contribution in [0.15, 0.2) is 24.3 Å². The van der Waals surface area contributed by atoms with Gasteiger partial charge in [0.1, 0.15) is 5.92 Å². The van der Waals surface area contributed by atoms with Crippen molar-refractivity contribution >= 4 is 11.6 Å². The Balaban J connectivity index is 2.49. The number of nitriles is 2. The molecule has 0 fully saturated rings. The number of carbonyl (C=O) groups excluding carboxylic acids is 1. The van der Waals surface area contributed by atoms with E-state index in [9.17, 15) is 4.79 Å². The van der Waals surface area contributed by atoms with Crippen molar-refractivity contribution in [3.05, 3.63) is 29.8 Å². The summed E-state index contributed by atoms with van der Waals surface area (Å²) in [5.41, 5.74) is 0.981. The third-order valence-corrected chi connectivity index (χ3v) is 3.56. The molecule has 0 aromatic heterocycles. The number of likely N-dealkylation sites (N-methyl/N-ethyl adjacent to an activating group) is 1. The fraction of sp³-hybridized carbons (Fsp3) is 0.357. The predicted octanol–water partition coefficient (Wildman–Crippen LogP) is 1.97. The van der Waals surface area contributed by atoms with Crippen LogP contribution in [0.3, 0.4) is 0 Å². The summed E-state index contributed by atoms with van der Waals surface area (Å²) in [5, 5.41) is 17.8. The minimum atomic E-state index is -0.776. The number of hydrogen-bond acceptors (Lipinski definition) is 3. The quantitative estimate of drug-likeness (QED) is 0.792. The smallest absolute Gasteiger partial charge is 0.237 e. The molecular weight excluding hydrogens is 226 g/mol. The van der Waals surface area contributed by atoms with E-state index in [1.807, 2.05) is 36.4 Å². The molecule has 1 unspecified atom stereocenters. The number of rotatable bonds is 2. The first-order chi connectivity index (χ1) is 8.54. The van der Waals surface area contributed by atoms with Crippen LogP contribution in [0, 0.1) is 28.6 Å². The average Bonchev–Trinajstić information content (AvgIpc) is 2.59. The molecule has 0 saturated heterocycles. The van der Waals surface area contributed by atoms with Crippen LogP contribution in [0.2, 0.25) is 0 Å². The van der Waals surface area contributed by atoms with Gasteiger partial charge in [0.15, 0.2) is 0 Å². The minimum Gasteiger partial charge on any atom is -0.314 e. The number of benzene rings is 1. The fourth-order valence-electron chi connectivity index (χ4n) is 2.55. The zero-order chi connectivity index (χ0) is 13.3. The molecule has 0 saturated carbocycles. The van der Waals surface area contributed by atoms with Crippen molar-refractivity contribution in [1.29, 1.82) is 10.5 Å². The largest absolute Gasteiger partial charge is 0.314 e. The van der Waals surface area contributed by atoms with Gasteiger partial charge >= 0.3 is 0 Å². The predicted molar refractivity (Wildman–Crippen MR) is 66.5 cm³/mol. The van der Waals surface area contributed by atoms with Crippen molar-refractivity contribution in [3.63, 3.8) is 0 Å². The van der Waals surface area contributed by atoms with Gasteiger partial charge < -0.3 is 4.90 Å². The van der Waals surface area contributed by atoms with E-state index in [2.05, 4.69) is 0 Å². The summed E-state index contributed by atoms with van der Waals surface area (Å²) in [6, 6.07) is 11.4. The van der Waals surface area contributed by atoms with Gasteiger partial charge in [-0.2, -0.15) is 10.5 Å². The highest BCUT2D eigenvalue weighted by atomic mass is 16.2. The van der Waals surface area contributed by atoms with Crippen LogP contribution in [0.1, 0.15) is 18.9 Å². The normalized spacial score (nSPS) is 21.6. The Kier molecular flexibility index (Phi) is 2.80. The summed E-state index contributed by atoms with van der Waals surface area (Å²) in [7, 11) is 1.72. The second-order valence-electron chi connectivity index (χ2n) is 4.73. The van der Waals surface area contributed by atoms with E-state index in [-0.39, 0.29) is 12.3 Å². The van der Waals surface area contributed by atoms with E-state index in [1.54, 1.807) is 18.9 Å². The molecule has 1 aliphatic heterocycles. The Bertz CT molecular complexity index is 567. The third-order valence-electron chi connectivity index (χ3n) is 3.56. The molecule has 0 radical (unpaired) electrons. The van der Waals surface area contributed by atoms with E-state index in [4.69, 9.17) is 10.5 Å². The molecule has 0 spiro atoms. The van der Waals surface area contributed by atoms with Gasteiger partial charge in [0, 0.05) is 12.7 Å². The molecule has 1 heterocycles. The zero-order valence-corrected chi connectivity index (χ0v) is 10.3. The Labute approximate surface area is 106 Å². The average molecular weight is 239 g/mol. The summed E-state index contributed by atoms with van der Waals surface area (Å²) in [6.07, 6.45) is 0.236. The van der Waals surface area contributed by atoms with Gasteiger partial charge in [-0.05, 0) is 25.0 Å². The monoisotopic (exact) mass is 239 g/mol. The second-order valence-corrected chi connectivity index (χ2v) is 4.73. The summed E-state index contributed by atoms with van der Waals surface area (Å²) in [6.45, 7) is 1.80. The van der Waals surface area contributed by atoms with Crippen molar-refractivity contribution in [3.8, 4) is 12.1 Å². The fourth-order valence-corrected chi connectivity index (χ4v) is 2.55. The topological polar surface area (TPSA) is 67.9 Å². The molecule has 4 nitrogen and oxygen atoms in total. The van der Waals surface area contributed by atoms with Crippen LogP contribution >= 0.6 is 0 Å². The molecule has 0 bridgehead atoms. The number of hydrogen-bond donors (Lipinski definition) is 0. The summed E-state index contributed by atoms with van der Waals surface area (Å²) < 4.78 is 0. The maximum Gasteiger partial charge on any atom is 0.237 e. The van der Waals surface area contributed by atoms with E-state index in [0.29, 0.717) is 0 Å². The number of amides is 1. The molecule has 1 atom stereocenters. The first-order valence-corrected chi connectivity index (χ1v) is 5.71. The SMILES string of the molecule is CN1C(=O)C(C)(CC(C#N)C#N)c2ccccc21. The summed E-state index contributed by atoms with van der Waals surface area (Å²) in [4.78, 5) is 14.0. The Morgan fingerprint density at radius 2 is 1.94 bits per heavy atom. The highest BCUT2D eigenvalue weighted by molar-refractivity contribution is 6.07. The first-order valence-electron chi connectivity index (χ1n) is 5.71. The molecule has 0 aliphatic carbocycles. The highest BCUT2D eigenvalue weighted by Gasteiger charge is 2.46. The van der Waals surface area contributed by atoms with Gasteiger partial charge in [-0.25, -0.2) is 0 Å². The van der Waals surface area contributed by atoms with Gasteiger partial charge in [-0.15, -0.1) is 0 Å². The number of fused-ring (bicyclic) bond motifs is 1. The van der Waals surface area contributed by atoms with Crippen LogP contribution in [-0.2, 0) is 10.2 Å². The highest BCUT2D eigenvalue weighted by Crippen LogP contribution is 2.44. The molecule has 1 aliphatic rings. The third kappa shape index (κ3) is 1.55. The Morgan fingerprint density at radius 1 is 1.33 bits per heavy atom. The van der Waals surface area contributed by atoms with Crippen molar-refractivity contribution in [2.24, 2.45) is 5.92 Å². The maximum atomic E-state index is 12.4. The number of nitrogens with zero attached hydrogens (tertiary/aromatic N) is 3. The molecule has 90 valence electrons. The molecule has 1 amide bonds. The molecule has 18 heavy (non-hydrogen) atoms. The van der Waals surface area contributed by atoms with Crippen molar-refractivity contribution in [2.45, 2.75) is 18.8 Å². The van der Waals surface area contributed by atoms with Crippen LogP contribution in [0.25, 0.3) is 0 Å². The second kappa shape index (κ2) is 4.16.